The van der Waals surface area contributed by atoms with Gasteiger partial charge in [0.05, 0.1) is 18.0 Å². The van der Waals surface area contributed by atoms with Gasteiger partial charge in [0, 0.05) is 19.1 Å². The van der Waals surface area contributed by atoms with Crippen LogP contribution in [0.25, 0.3) is 0 Å². The van der Waals surface area contributed by atoms with Gasteiger partial charge in [-0.1, -0.05) is 0 Å². The zero-order chi connectivity index (χ0) is 11.5. The molecule has 1 aliphatic rings. The Kier molecular flexibility index (Phi) is 4.51. The summed E-state index contributed by atoms with van der Waals surface area (Å²) < 4.78 is 30.9. The van der Waals surface area contributed by atoms with E-state index in [1.54, 1.807) is 0 Å². The number of hydrogen-bond donors (Lipinski definition) is 2. The van der Waals surface area contributed by atoms with E-state index in [1.807, 2.05) is 6.92 Å². The zero-order valence-electron chi connectivity index (χ0n) is 9.14. The van der Waals surface area contributed by atoms with Gasteiger partial charge in [0.2, 0.25) is 10.0 Å². The molecule has 0 aliphatic carbocycles. The van der Waals surface area contributed by atoms with Crippen LogP contribution in [0.4, 0.5) is 0 Å². The Morgan fingerprint density at radius 3 is 2.73 bits per heavy atom. The number of aliphatic hydroxyl groups is 1. The molecule has 1 fully saturated rings. The number of hydrogen-bond acceptors (Lipinski definition) is 4. The lowest BCUT2D eigenvalue weighted by Gasteiger charge is -2.16. The molecule has 2 N–H and O–H groups in total. The molecule has 3 unspecified atom stereocenters. The van der Waals surface area contributed by atoms with Crippen LogP contribution < -0.4 is 4.72 Å². The number of ether oxygens (including phenoxy) is 1. The van der Waals surface area contributed by atoms with Crippen LogP contribution in [-0.4, -0.2) is 44.6 Å². The van der Waals surface area contributed by atoms with E-state index in [0.717, 1.165) is 6.42 Å². The number of aliphatic hydroxyl groups excluding tert-OH is 1. The van der Waals surface area contributed by atoms with Crippen molar-refractivity contribution in [1.29, 1.82) is 0 Å². The lowest BCUT2D eigenvalue weighted by Crippen LogP contribution is -2.38. The molecule has 5 nitrogen and oxygen atoms in total. The Labute approximate surface area is 90.9 Å². The SMILES string of the molecule is CC1OCCC1CNS(=O)(=O)C(C)CO. The third-order valence-electron chi connectivity index (χ3n) is 2.87. The largest absolute Gasteiger partial charge is 0.395 e. The second-order valence-electron chi connectivity index (χ2n) is 4.01. The van der Waals surface area contributed by atoms with E-state index in [9.17, 15) is 8.42 Å². The molecule has 6 heteroatoms. The van der Waals surface area contributed by atoms with Crippen LogP contribution in [0.1, 0.15) is 20.3 Å². The predicted molar refractivity (Wildman–Crippen MR) is 57.0 cm³/mol. The van der Waals surface area contributed by atoms with Crippen LogP contribution >= 0.6 is 0 Å². The summed E-state index contributed by atoms with van der Waals surface area (Å²) >= 11 is 0. The number of sulfonamides is 1. The Morgan fingerprint density at radius 2 is 2.27 bits per heavy atom. The first-order valence-corrected chi connectivity index (χ1v) is 6.73. The molecule has 0 amide bonds. The molecule has 1 heterocycles. The van der Waals surface area contributed by atoms with Crippen LogP contribution in [0.2, 0.25) is 0 Å². The van der Waals surface area contributed by atoms with Gasteiger partial charge in [-0.2, -0.15) is 0 Å². The second kappa shape index (κ2) is 5.25. The van der Waals surface area contributed by atoms with Crippen LogP contribution in [0.3, 0.4) is 0 Å². The highest BCUT2D eigenvalue weighted by Crippen LogP contribution is 2.19. The molecule has 0 radical (unpaired) electrons. The van der Waals surface area contributed by atoms with Gasteiger partial charge in [-0.05, 0) is 20.3 Å². The molecule has 15 heavy (non-hydrogen) atoms. The third-order valence-corrected chi connectivity index (χ3v) is 4.64. The van der Waals surface area contributed by atoms with Crippen molar-refractivity contribution in [1.82, 2.24) is 4.72 Å². The summed E-state index contributed by atoms with van der Waals surface area (Å²) in [4.78, 5) is 0. The van der Waals surface area contributed by atoms with Gasteiger partial charge in [-0.3, -0.25) is 0 Å². The van der Waals surface area contributed by atoms with Crippen molar-refractivity contribution in [3.8, 4) is 0 Å². The van der Waals surface area contributed by atoms with Crippen molar-refractivity contribution in [2.75, 3.05) is 19.8 Å². The molecule has 0 bridgehead atoms. The van der Waals surface area contributed by atoms with Gasteiger partial charge in [0.15, 0.2) is 0 Å². The molecule has 1 saturated heterocycles. The molecule has 1 aliphatic heterocycles. The fraction of sp³-hybridized carbons (Fsp3) is 1.00. The smallest absolute Gasteiger partial charge is 0.216 e. The van der Waals surface area contributed by atoms with Crippen LogP contribution in [0.5, 0.6) is 0 Å². The van der Waals surface area contributed by atoms with Crippen molar-refractivity contribution < 1.29 is 18.3 Å². The first kappa shape index (κ1) is 12.9. The highest BCUT2D eigenvalue weighted by Gasteiger charge is 2.27. The molecule has 1 rings (SSSR count). The van der Waals surface area contributed by atoms with Crippen molar-refractivity contribution in [2.24, 2.45) is 5.92 Å². The standard InChI is InChI=1S/C9H19NO4S/c1-7(6-11)15(12,13)10-5-9-3-4-14-8(9)2/h7-11H,3-6H2,1-2H3. The van der Waals surface area contributed by atoms with E-state index >= 15 is 0 Å². The Hall–Kier alpha value is -0.170. The van der Waals surface area contributed by atoms with Gasteiger partial charge in [-0.15, -0.1) is 0 Å². The minimum Gasteiger partial charge on any atom is -0.395 e. The Morgan fingerprint density at radius 1 is 1.60 bits per heavy atom. The maximum Gasteiger partial charge on any atom is 0.216 e. The highest BCUT2D eigenvalue weighted by atomic mass is 32.2. The van der Waals surface area contributed by atoms with Crippen LogP contribution in [0, 0.1) is 5.92 Å². The molecule has 0 aromatic rings. The second-order valence-corrected chi connectivity index (χ2v) is 6.19. The maximum atomic E-state index is 11.5. The van der Waals surface area contributed by atoms with Crippen molar-refractivity contribution >= 4 is 10.0 Å². The minimum absolute atomic E-state index is 0.108. The molecular formula is C9H19NO4S. The van der Waals surface area contributed by atoms with Gasteiger partial charge in [0.1, 0.15) is 0 Å². The fourth-order valence-electron chi connectivity index (χ4n) is 1.51. The van der Waals surface area contributed by atoms with E-state index in [-0.39, 0.29) is 18.6 Å². The van der Waals surface area contributed by atoms with Crippen molar-refractivity contribution in [2.45, 2.75) is 31.6 Å². The highest BCUT2D eigenvalue weighted by molar-refractivity contribution is 7.90. The minimum atomic E-state index is -3.38. The molecule has 90 valence electrons. The van der Waals surface area contributed by atoms with E-state index in [0.29, 0.717) is 13.2 Å². The summed E-state index contributed by atoms with van der Waals surface area (Å²) in [5, 5.41) is 8.02. The van der Waals surface area contributed by atoms with E-state index in [1.165, 1.54) is 6.92 Å². The monoisotopic (exact) mass is 237 g/mol. The van der Waals surface area contributed by atoms with Gasteiger partial charge in [0.25, 0.3) is 0 Å². The first-order chi connectivity index (χ1) is 6.97. The first-order valence-electron chi connectivity index (χ1n) is 5.18. The van der Waals surface area contributed by atoms with E-state index in [2.05, 4.69) is 4.72 Å². The molecule has 3 atom stereocenters. The van der Waals surface area contributed by atoms with E-state index in [4.69, 9.17) is 9.84 Å². The summed E-state index contributed by atoms with van der Waals surface area (Å²) in [6.07, 6.45) is 0.995. The topological polar surface area (TPSA) is 75.6 Å². The molecule has 0 aromatic heterocycles. The van der Waals surface area contributed by atoms with Crippen LogP contribution in [0.15, 0.2) is 0 Å². The maximum absolute atomic E-state index is 11.5. The zero-order valence-corrected chi connectivity index (χ0v) is 9.96. The third kappa shape index (κ3) is 3.41. The molecule has 0 aromatic carbocycles. The van der Waals surface area contributed by atoms with Crippen LogP contribution in [-0.2, 0) is 14.8 Å². The number of nitrogens with one attached hydrogen (secondary N) is 1. The summed E-state index contributed by atoms with van der Waals surface area (Å²) in [7, 11) is -3.38. The lowest BCUT2D eigenvalue weighted by atomic mass is 10.0. The summed E-state index contributed by atoms with van der Waals surface area (Å²) in [6, 6.07) is 0. The molecular weight excluding hydrogens is 218 g/mol. The van der Waals surface area contributed by atoms with Gasteiger partial charge >= 0.3 is 0 Å². The average molecular weight is 237 g/mol. The fourth-order valence-corrected chi connectivity index (χ4v) is 2.43. The van der Waals surface area contributed by atoms with E-state index < -0.39 is 15.3 Å². The predicted octanol–water partition coefficient (Wildman–Crippen LogP) is -0.288. The summed E-state index contributed by atoms with van der Waals surface area (Å²) in [5.74, 6) is 0.241. The van der Waals surface area contributed by atoms with Gasteiger partial charge in [-0.25, -0.2) is 13.1 Å². The average Bonchev–Trinajstić information content (AvgIpc) is 2.60. The Balaban J connectivity index is 2.42. The lowest BCUT2D eigenvalue weighted by molar-refractivity contribution is 0.107. The summed E-state index contributed by atoms with van der Waals surface area (Å²) in [6.45, 7) is 4.17. The Bertz CT molecular complexity index is 290. The van der Waals surface area contributed by atoms with Crippen molar-refractivity contribution in [3.63, 3.8) is 0 Å². The summed E-state index contributed by atoms with van der Waals surface area (Å²) in [5.41, 5.74) is 0. The van der Waals surface area contributed by atoms with Crippen molar-refractivity contribution in [3.05, 3.63) is 0 Å². The quantitative estimate of drug-likeness (QED) is 0.689. The van der Waals surface area contributed by atoms with Gasteiger partial charge < -0.3 is 9.84 Å². The normalized spacial score (nSPS) is 29.3. The molecule has 0 saturated carbocycles. The number of rotatable bonds is 5. The molecule has 0 spiro atoms.